The summed E-state index contributed by atoms with van der Waals surface area (Å²) in [7, 11) is 1.73. The Labute approximate surface area is 121 Å². The lowest BCUT2D eigenvalue weighted by atomic mass is 10.2. The van der Waals surface area contributed by atoms with Gasteiger partial charge in [-0.15, -0.1) is 11.3 Å². The molecule has 6 heteroatoms. The fourth-order valence-electron chi connectivity index (χ4n) is 1.98. The first-order valence-electron chi connectivity index (χ1n) is 6.36. The summed E-state index contributed by atoms with van der Waals surface area (Å²) in [5, 5.41) is 13.2. The van der Waals surface area contributed by atoms with Crippen molar-refractivity contribution in [2.24, 2.45) is 0 Å². The number of nitrogens with one attached hydrogen (secondary N) is 1. The third-order valence-electron chi connectivity index (χ3n) is 3.06. The van der Waals surface area contributed by atoms with E-state index in [1.165, 1.54) is 11.3 Å². The molecule has 20 heavy (non-hydrogen) atoms. The maximum atomic E-state index is 12.2. The third kappa shape index (κ3) is 3.18. The van der Waals surface area contributed by atoms with Gasteiger partial charge in [-0.2, -0.15) is 0 Å². The highest BCUT2D eigenvalue weighted by atomic mass is 32.1. The van der Waals surface area contributed by atoms with E-state index in [1.54, 1.807) is 23.4 Å². The number of likely N-dealkylation sites (tertiary alicyclic amines) is 1. The largest absolute Gasteiger partial charge is 0.395 e. The summed E-state index contributed by atoms with van der Waals surface area (Å²) in [6.45, 7) is 0.666. The zero-order valence-corrected chi connectivity index (χ0v) is 12.0. The maximum Gasteiger partial charge on any atom is 0.263 e. The van der Waals surface area contributed by atoms with Crippen LogP contribution >= 0.6 is 11.3 Å². The number of aliphatic hydroxyl groups is 1. The molecule has 0 spiro atoms. The Morgan fingerprint density at radius 2 is 2.45 bits per heavy atom. The number of aliphatic hydroxyl groups excluding tert-OH is 1. The van der Waals surface area contributed by atoms with Crippen LogP contribution in [0.3, 0.4) is 0 Å². The molecule has 2 N–H and O–H groups in total. The lowest BCUT2D eigenvalue weighted by molar-refractivity contribution is -0.128. The minimum Gasteiger partial charge on any atom is -0.395 e. The van der Waals surface area contributed by atoms with E-state index in [4.69, 9.17) is 5.11 Å². The number of hydrogen-bond donors (Lipinski definition) is 2. The molecular formula is C14H16N2O3S. The van der Waals surface area contributed by atoms with Crippen LogP contribution in [0.2, 0.25) is 0 Å². The second-order valence-corrected chi connectivity index (χ2v) is 5.43. The van der Waals surface area contributed by atoms with Gasteiger partial charge < -0.3 is 15.3 Å². The first-order chi connectivity index (χ1) is 9.63. The molecule has 1 fully saturated rings. The van der Waals surface area contributed by atoms with Crippen LogP contribution in [0, 0.1) is 11.8 Å². The molecule has 1 aromatic heterocycles. The van der Waals surface area contributed by atoms with Crippen molar-refractivity contribution in [3.8, 4) is 11.8 Å². The van der Waals surface area contributed by atoms with Crippen molar-refractivity contribution in [3.05, 3.63) is 21.9 Å². The predicted molar refractivity (Wildman–Crippen MR) is 76.4 cm³/mol. The van der Waals surface area contributed by atoms with Gasteiger partial charge in [-0.25, -0.2) is 0 Å². The Morgan fingerprint density at radius 3 is 3.10 bits per heavy atom. The van der Waals surface area contributed by atoms with E-state index in [0.717, 1.165) is 0 Å². The van der Waals surface area contributed by atoms with Crippen molar-refractivity contribution in [2.75, 3.05) is 20.2 Å². The Bertz CT molecular complexity index is 570. The topological polar surface area (TPSA) is 69.6 Å². The Kier molecular flexibility index (Phi) is 4.77. The Hall–Kier alpha value is -1.84. The molecule has 0 aliphatic carbocycles. The monoisotopic (exact) mass is 292 g/mol. The van der Waals surface area contributed by atoms with E-state index < -0.39 is 6.04 Å². The molecule has 1 aliphatic rings. The van der Waals surface area contributed by atoms with Crippen LogP contribution in [0.15, 0.2) is 11.4 Å². The van der Waals surface area contributed by atoms with E-state index in [-0.39, 0.29) is 18.4 Å². The minimum absolute atomic E-state index is 0.00156. The first kappa shape index (κ1) is 14.6. The fourth-order valence-corrected chi connectivity index (χ4v) is 2.73. The number of hydrogen-bond acceptors (Lipinski definition) is 4. The third-order valence-corrected chi connectivity index (χ3v) is 3.98. The highest BCUT2D eigenvalue weighted by Gasteiger charge is 2.30. The van der Waals surface area contributed by atoms with E-state index in [2.05, 4.69) is 17.2 Å². The summed E-state index contributed by atoms with van der Waals surface area (Å²) >= 11 is 1.30. The van der Waals surface area contributed by atoms with Gasteiger partial charge in [-0.3, -0.25) is 9.59 Å². The van der Waals surface area contributed by atoms with Crippen molar-refractivity contribution >= 4 is 23.2 Å². The number of carbonyl (C=O) groups excluding carboxylic acids is 2. The smallest absolute Gasteiger partial charge is 0.263 e. The summed E-state index contributed by atoms with van der Waals surface area (Å²) in [4.78, 5) is 26.1. The van der Waals surface area contributed by atoms with Gasteiger partial charge in [0.25, 0.3) is 5.91 Å². The van der Waals surface area contributed by atoms with Crippen LogP contribution in [0.1, 0.15) is 28.1 Å². The standard InChI is InChI=1S/C14H16N2O3S/c1-16-7-5-11(14(16)19)15-13(18)12-10(6-9-20-12)4-2-3-8-17/h6,9,11,17H,3,5,7-8H2,1H3,(H,15,18). The second kappa shape index (κ2) is 6.55. The van der Waals surface area contributed by atoms with E-state index in [0.29, 0.717) is 29.8 Å². The zero-order chi connectivity index (χ0) is 14.5. The maximum absolute atomic E-state index is 12.2. The van der Waals surface area contributed by atoms with Crippen molar-refractivity contribution < 1.29 is 14.7 Å². The minimum atomic E-state index is -0.437. The molecule has 0 aromatic carbocycles. The molecule has 2 amide bonds. The average Bonchev–Trinajstić information content (AvgIpc) is 3.01. The summed E-state index contributed by atoms with van der Waals surface area (Å²) in [5.74, 6) is 5.34. The van der Waals surface area contributed by atoms with Crippen LogP contribution in [0.4, 0.5) is 0 Å². The number of amides is 2. The van der Waals surface area contributed by atoms with E-state index in [9.17, 15) is 9.59 Å². The molecule has 2 rings (SSSR count). The highest BCUT2D eigenvalue weighted by molar-refractivity contribution is 7.12. The SMILES string of the molecule is CN1CCC(NC(=O)c2sccc2C#CCCO)C1=O. The lowest BCUT2D eigenvalue weighted by Crippen LogP contribution is -2.40. The van der Waals surface area contributed by atoms with Gasteiger partial charge in [0.15, 0.2) is 0 Å². The molecule has 106 valence electrons. The molecule has 1 unspecified atom stereocenters. The van der Waals surface area contributed by atoms with Gasteiger partial charge in [0.2, 0.25) is 5.91 Å². The molecule has 2 heterocycles. The number of likely N-dealkylation sites (N-methyl/N-ethyl adjacent to an activating group) is 1. The van der Waals surface area contributed by atoms with Crippen LogP contribution in [-0.2, 0) is 4.79 Å². The van der Waals surface area contributed by atoms with Crippen molar-refractivity contribution in [1.82, 2.24) is 10.2 Å². The van der Waals surface area contributed by atoms with Gasteiger partial charge in [-0.05, 0) is 17.9 Å². The molecule has 1 aromatic rings. The van der Waals surface area contributed by atoms with Crippen molar-refractivity contribution in [1.29, 1.82) is 0 Å². The lowest BCUT2D eigenvalue weighted by Gasteiger charge is -2.11. The highest BCUT2D eigenvalue weighted by Crippen LogP contribution is 2.17. The molecule has 0 radical (unpaired) electrons. The predicted octanol–water partition coefficient (Wildman–Crippen LogP) is 0.442. The normalized spacial score (nSPS) is 17.8. The number of rotatable bonds is 3. The van der Waals surface area contributed by atoms with Gasteiger partial charge in [-0.1, -0.05) is 11.8 Å². The molecule has 5 nitrogen and oxygen atoms in total. The van der Waals surface area contributed by atoms with Crippen LogP contribution < -0.4 is 5.32 Å². The average molecular weight is 292 g/mol. The summed E-state index contributed by atoms with van der Waals surface area (Å²) < 4.78 is 0. The first-order valence-corrected chi connectivity index (χ1v) is 7.24. The van der Waals surface area contributed by atoms with Gasteiger partial charge in [0.05, 0.1) is 6.61 Å². The molecule has 0 saturated carbocycles. The molecule has 0 bridgehead atoms. The van der Waals surface area contributed by atoms with E-state index in [1.807, 2.05) is 0 Å². The summed E-state index contributed by atoms with van der Waals surface area (Å²) in [5.41, 5.74) is 0.639. The molecular weight excluding hydrogens is 276 g/mol. The molecule has 1 aliphatic heterocycles. The fraction of sp³-hybridized carbons (Fsp3) is 0.429. The van der Waals surface area contributed by atoms with Crippen LogP contribution in [-0.4, -0.2) is 48.1 Å². The quantitative estimate of drug-likeness (QED) is 0.794. The Balaban J connectivity index is 2.05. The van der Waals surface area contributed by atoms with Gasteiger partial charge in [0, 0.05) is 25.6 Å². The van der Waals surface area contributed by atoms with Crippen LogP contribution in [0.25, 0.3) is 0 Å². The zero-order valence-electron chi connectivity index (χ0n) is 11.2. The molecule has 1 saturated heterocycles. The van der Waals surface area contributed by atoms with Crippen molar-refractivity contribution in [3.63, 3.8) is 0 Å². The van der Waals surface area contributed by atoms with E-state index >= 15 is 0 Å². The van der Waals surface area contributed by atoms with Crippen LogP contribution in [0.5, 0.6) is 0 Å². The van der Waals surface area contributed by atoms with Crippen molar-refractivity contribution in [2.45, 2.75) is 18.9 Å². The summed E-state index contributed by atoms with van der Waals surface area (Å²) in [6.07, 6.45) is 1.01. The second-order valence-electron chi connectivity index (χ2n) is 4.51. The molecule has 1 atom stereocenters. The Morgan fingerprint density at radius 1 is 1.65 bits per heavy atom. The number of carbonyl (C=O) groups is 2. The number of nitrogens with zero attached hydrogens (tertiary/aromatic N) is 1. The summed E-state index contributed by atoms with van der Waals surface area (Å²) in [6, 6.07) is 1.33. The number of thiophene rings is 1. The van der Waals surface area contributed by atoms with Gasteiger partial charge in [0.1, 0.15) is 10.9 Å². The van der Waals surface area contributed by atoms with Gasteiger partial charge >= 0.3 is 0 Å².